The number of ether oxygens (including phenoxy) is 1. The second-order valence-corrected chi connectivity index (χ2v) is 5.54. The molecule has 1 saturated carbocycles. The predicted molar refractivity (Wildman–Crippen MR) is 65.9 cm³/mol. The average Bonchev–Trinajstić information content (AvgIpc) is 2.74. The minimum absolute atomic E-state index is 0.0508. The summed E-state index contributed by atoms with van der Waals surface area (Å²) in [6.07, 6.45) is 9.34. The standard InChI is InChI=1S/C14H24O3/c15-13(8-7-12-6-5-11-17-12)14(16)9-3-1-2-4-10-14/h12,16H,1-11H2. The van der Waals surface area contributed by atoms with Gasteiger partial charge in [-0.2, -0.15) is 0 Å². The quantitative estimate of drug-likeness (QED) is 0.768. The van der Waals surface area contributed by atoms with Crippen LogP contribution in [0.2, 0.25) is 0 Å². The van der Waals surface area contributed by atoms with Crippen molar-refractivity contribution in [1.82, 2.24) is 0 Å². The minimum atomic E-state index is -1.02. The molecule has 1 unspecified atom stereocenters. The van der Waals surface area contributed by atoms with Gasteiger partial charge in [0.2, 0.25) is 0 Å². The van der Waals surface area contributed by atoms with Gasteiger partial charge in [0.1, 0.15) is 5.60 Å². The highest BCUT2D eigenvalue weighted by Gasteiger charge is 2.35. The van der Waals surface area contributed by atoms with Crippen LogP contribution in [0, 0.1) is 0 Å². The molecule has 1 heterocycles. The Morgan fingerprint density at radius 1 is 1.18 bits per heavy atom. The first kappa shape index (κ1) is 13.0. The van der Waals surface area contributed by atoms with Gasteiger partial charge in [-0.15, -0.1) is 0 Å². The van der Waals surface area contributed by atoms with E-state index in [4.69, 9.17) is 4.74 Å². The van der Waals surface area contributed by atoms with Crippen molar-refractivity contribution >= 4 is 5.78 Å². The number of carbonyl (C=O) groups is 1. The Labute approximate surface area is 104 Å². The van der Waals surface area contributed by atoms with E-state index < -0.39 is 5.60 Å². The molecule has 0 radical (unpaired) electrons. The van der Waals surface area contributed by atoms with Gasteiger partial charge in [-0.25, -0.2) is 0 Å². The van der Waals surface area contributed by atoms with E-state index in [9.17, 15) is 9.90 Å². The summed E-state index contributed by atoms with van der Waals surface area (Å²) in [6, 6.07) is 0. The summed E-state index contributed by atoms with van der Waals surface area (Å²) >= 11 is 0. The van der Waals surface area contributed by atoms with Crippen LogP contribution in [0.5, 0.6) is 0 Å². The van der Waals surface area contributed by atoms with Gasteiger partial charge in [0.15, 0.2) is 5.78 Å². The molecule has 0 amide bonds. The number of rotatable bonds is 4. The van der Waals surface area contributed by atoms with Crippen LogP contribution in [0.4, 0.5) is 0 Å². The Bertz CT molecular complexity index is 248. The van der Waals surface area contributed by atoms with Gasteiger partial charge in [-0.3, -0.25) is 4.79 Å². The molecule has 98 valence electrons. The number of carbonyl (C=O) groups excluding carboxylic acids is 1. The summed E-state index contributed by atoms with van der Waals surface area (Å²) in [6.45, 7) is 0.836. The van der Waals surface area contributed by atoms with Crippen molar-refractivity contribution in [1.29, 1.82) is 0 Å². The van der Waals surface area contributed by atoms with Gasteiger partial charge in [0.25, 0.3) is 0 Å². The summed E-state index contributed by atoms with van der Waals surface area (Å²) in [5.41, 5.74) is -1.02. The van der Waals surface area contributed by atoms with Crippen molar-refractivity contribution in [2.75, 3.05) is 6.61 Å². The fourth-order valence-corrected chi connectivity index (χ4v) is 2.99. The molecule has 1 saturated heterocycles. The smallest absolute Gasteiger partial charge is 0.164 e. The summed E-state index contributed by atoms with van der Waals surface area (Å²) in [5, 5.41) is 10.4. The van der Waals surface area contributed by atoms with Gasteiger partial charge in [-0.05, 0) is 32.1 Å². The molecule has 3 heteroatoms. The zero-order valence-electron chi connectivity index (χ0n) is 10.6. The van der Waals surface area contributed by atoms with Crippen LogP contribution in [0.1, 0.15) is 64.2 Å². The molecule has 0 aromatic carbocycles. The van der Waals surface area contributed by atoms with Gasteiger partial charge < -0.3 is 9.84 Å². The Hall–Kier alpha value is -0.410. The largest absolute Gasteiger partial charge is 0.382 e. The van der Waals surface area contributed by atoms with E-state index in [1.54, 1.807) is 0 Å². The van der Waals surface area contributed by atoms with E-state index in [1.165, 1.54) is 0 Å². The van der Waals surface area contributed by atoms with Crippen molar-refractivity contribution in [2.24, 2.45) is 0 Å². The van der Waals surface area contributed by atoms with E-state index in [0.717, 1.165) is 51.6 Å². The second kappa shape index (κ2) is 5.96. The molecule has 2 rings (SSSR count). The van der Waals surface area contributed by atoms with Crippen LogP contribution in [0.3, 0.4) is 0 Å². The fourth-order valence-electron chi connectivity index (χ4n) is 2.99. The van der Waals surface area contributed by atoms with Crippen LogP contribution >= 0.6 is 0 Å². The van der Waals surface area contributed by atoms with Gasteiger partial charge in [0.05, 0.1) is 6.10 Å². The van der Waals surface area contributed by atoms with Crippen LogP contribution in [0.15, 0.2) is 0 Å². The Morgan fingerprint density at radius 2 is 1.88 bits per heavy atom. The average molecular weight is 240 g/mol. The first-order valence-electron chi connectivity index (χ1n) is 7.08. The number of Topliss-reactive ketones (excluding diaryl/α,β-unsaturated/α-hetero) is 1. The Balaban J connectivity index is 1.80. The summed E-state index contributed by atoms with van der Waals surface area (Å²) < 4.78 is 5.51. The number of hydrogen-bond acceptors (Lipinski definition) is 3. The van der Waals surface area contributed by atoms with E-state index in [2.05, 4.69) is 0 Å². The highest BCUT2D eigenvalue weighted by atomic mass is 16.5. The molecular formula is C14H24O3. The lowest BCUT2D eigenvalue weighted by molar-refractivity contribution is -0.139. The van der Waals surface area contributed by atoms with Crippen molar-refractivity contribution in [3.05, 3.63) is 0 Å². The molecule has 0 bridgehead atoms. The van der Waals surface area contributed by atoms with Crippen LogP contribution < -0.4 is 0 Å². The third-order valence-electron chi connectivity index (χ3n) is 4.17. The topological polar surface area (TPSA) is 46.5 Å². The second-order valence-electron chi connectivity index (χ2n) is 5.54. The molecule has 0 aromatic heterocycles. The zero-order valence-corrected chi connectivity index (χ0v) is 10.6. The summed E-state index contributed by atoms with van der Waals surface area (Å²) in [5.74, 6) is 0.0508. The Morgan fingerprint density at radius 3 is 2.47 bits per heavy atom. The molecule has 2 fully saturated rings. The van der Waals surface area contributed by atoms with Crippen LogP contribution in [-0.2, 0) is 9.53 Å². The van der Waals surface area contributed by atoms with E-state index in [1.807, 2.05) is 0 Å². The van der Waals surface area contributed by atoms with E-state index in [0.29, 0.717) is 19.3 Å². The molecule has 3 nitrogen and oxygen atoms in total. The fraction of sp³-hybridized carbons (Fsp3) is 0.929. The van der Waals surface area contributed by atoms with Crippen molar-refractivity contribution in [2.45, 2.75) is 75.9 Å². The number of aliphatic hydroxyl groups is 1. The molecular weight excluding hydrogens is 216 g/mol. The van der Waals surface area contributed by atoms with Crippen LogP contribution in [-0.4, -0.2) is 29.2 Å². The molecule has 1 atom stereocenters. The predicted octanol–water partition coefficient (Wildman–Crippen LogP) is 2.60. The monoisotopic (exact) mass is 240 g/mol. The lowest BCUT2D eigenvalue weighted by Gasteiger charge is -2.25. The third kappa shape index (κ3) is 3.52. The SMILES string of the molecule is O=C(CCC1CCCO1)C1(O)CCCCCC1. The lowest BCUT2D eigenvalue weighted by Crippen LogP contribution is -2.38. The third-order valence-corrected chi connectivity index (χ3v) is 4.17. The van der Waals surface area contributed by atoms with E-state index in [-0.39, 0.29) is 11.9 Å². The lowest BCUT2D eigenvalue weighted by atomic mass is 9.87. The van der Waals surface area contributed by atoms with Crippen molar-refractivity contribution < 1.29 is 14.6 Å². The number of ketones is 1. The number of hydrogen-bond donors (Lipinski definition) is 1. The maximum Gasteiger partial charge on any atom is 0.164 e. The Kier molecular flexibility index (Phi) is 4.57. The maximum atomic E-state index is 12.1. The van der Waals surface area contributed by atoms with Gasteiger partial charge in [0, 0.05) is 13.0 Å². The highest BCUT2D eigenvalue weighted by Crippen LogP contribution is 2.30. The maximum absolute atomic E-state index is 12.1. The van der Waals surface area contributed by atoms with E-state index >= 15 is 0 Å². The first-order chi connectivity index (χ1) is 8.21. The molecule has 2 aliphatic rings. The molecule has 1 aliphatic carbocycles. The summed E-state index contributed by atoms with van der Waals surface area (Å²) in [7, 11) is 0. The van der Waals surface area contributed by atoms with Crippen molar-refractivity contribution in [3.8, 4) is 0 Å². The molecule has 1 N–H and O–H groups in total. The van der Waals surface area contributed by atoms with Crippen LogP contribution in [0.25, 0.3) is 0 Å². The van der Waals surface area contributed by atoms with Gasteiger partial charge >= 0.3 is 0 Å². The normalized spacial score (nSPS) is 28.9. The molecule has 0 spiro atoms. The van der Waals surface area contributed by atoms with Gasteiger partial charge in [-0.1, -0.05) is 25.7 Å². The summed E-state index contributed by atoms with van der Waals surface area (Å²) in [4.78, 5) is 12.1. The molecule has 0 aromatic rings. The minimum Gasteiger partial charge on any atom is -0.382 e. The zero-order chi connectivity index (χ0) is 12.1. The molecule has 17 heavy (non-hydrogen) atoms. The highest BCUT2D eigenvalue weighted by molar-refractivity contribution is 5.87. The molecule has 1 aliphatic heterocycles. The van der Waals surface area contributed by atoms with Crippen molar-refractivity contribution in [3.63, 3.8) is 0 Å². The first-order valence-corrected chi connectivity index (χ1v) is 7.08.